The van der Waals surface area contributed by atoms with Crippen molar-refractivity contribution in [2.45, 2.75) is 70.4 Å². The molecule has 1 fully saturated rings. The van der Waals surface area contributed by atoms with Crippen molar-refractivity contribution in [2.75, 3.05) is 25.0 Å². The van der Waals surface area contributed by atoms with E-state index in [-0.39, 0.29) is 6.54 Å². The van der Waals surface area contributed by atoms with Crippen LogP contribution < -0.4 is 15.4 Å². The van der Waals surface area contributed by atoms with Gasteiger partial charge in [0, 0.05) is 25.9 Å². The highest BCUT2D eigenvalue weighted by Gasteiger charge is 2.62. The molecule has 3 N–H and O–H groups in total. The van der Waals surface area contributed by atoms with Gasteiger partial charge in [-0.3, -0.25) is 0 Å². The second kappa shape index (κ2) is 12.8. The molecule has 1 saturated carbocycles. The van der Waals surface area contributed by atoms with Crippen LogP contribution in [0.15, 0.2) is 42.5 Å². The number of carboxylic acid groups (broad SMARTS) is 1. The number of amides is 2. The Hall–Kier alpha value is -3.87. The molecular formula is C29H36F2N4O4. The minimum Gasteiger partial charge on any atom is -0.492 e. The molecular weight excluding hydrogens is 506 g/mol. The highest BCUT2D eigenvalue weighted by Crippen LogP contribution is 2.46. The number of ether oxygens (including phenoxy) is 1. The summed E-state index contributed by atoms with van der Waals surface area (Å²) >= 11 is 0. The number of hydrogen-bond acceptors (Lipinski definition) is 5. The summed E-state index contributed by atoms with van der Waals surface area (Å²) in [5.41, 5.74) is 0.702. The normalized spacial score (nSPS) is 15.8. The number of nitrogens with zero attached hydrogens (tertiary/aromatic N) is 2. The van der Waals surface area contributed by atoms with Crippen LogP contribution in [0.25, 0.3) is 0 Å². The second-order valence-corrected chi connectivity index (χ2v) is 9.86. The molecule has 39 heavy (non-hydrogen) atoms. The van der Waals surface area contributed by atoms with Gasteiger partial charge < -0.3 is 25.4 Å². The lowest BCUT2D eigenvalue weighted by Crippen LogP contribution is -2.68. The van der Waals surface area contributed by atoms with Crippen LogP contribution in [-0.2, 0) is 11.2 Å². The van der Waals surface area contributed by atoms with E-state index >= 15 is 0 Å². The fraction of sp³-hybridized carbons (Fsp3) is 0.483. The van der Waals surface area contributed by atoms with Crippen LogP contribution in [0.5, 0.6) is 5.75 Å². The van der Waals surface area contributed by atoms with Gasteiger partial charge in [-0.25, -0.2) is 18.4 Å². The summed E-state index contributed by atoms with van der Waals surface area (Å²) < 4.78 is 33.1. The Labute approximate surface area is 228 Å². The highest BCUT2D eigenvalue weighted by atomic mass is 19.3. The van der Waals surface area contributed by atoms with Gasteiger partial charge >= 0.3 is 12.0 Å². The van der Waals surface area contributed by atoms with E-state index in [1.165, 1.54) is 4.90 Å². The molecule has 0 radical (unpaired) electrons. The predicted molar refractivity (Wildman–Crippen MR) is 144 cm³/mol. The number of benzene rings is 2. The van der Waals surface area contributed by atoms with E-state index in [9.17, 15) is 28.7 Å². The first-order valence-corrected chi connectivity index (χ1v) is 13.2. The number of hydrogen-bond donors (Lipinski definition) is 3. The smallest absolute Gasteiger partial charge is 0.329 e. The van der Waals surface area contributed by atoms with Crippen molar-refractivity contribution in [3.8, 4) is 11.8 Å². The van der Waals surface area contributed by atoms with Crippen molar-refractivity contribution in [3.63, 3.8) is 0 Å². The molecule has 2 aromatic carbocycles. The Kier molecular flexibility index (Phi) is 9.73. The molecule has 10 heteroatoms. The third kappa shape index (κ3) is 7.16. The Bertz CT molecular complexity index is 1160. The number of aliphatic carboxylic acids is 1. The van der Waals surface area contributed by atoms with Crippen molar-refractivity contribution < 1.29 is 28.2 Å². The molecule has 2 amide bonds. The first-order chi connectivity index (χ1) is 18.6. The maximum absolute atomic E-state index is 13.7. The minimum atomic E-state index is -3.14. The summed E-state index contributed by atoms with van der Waals surface area (Å²) in [4.78, 5) is 26.9. The summed E-state index contributed by atoms with van der Waals surface area (Å²) in [6.45, 7) is 6.63. The Morgan fingerprint density at radius 2 is 1.87 bits per heavy atom. The van der Waals surface area contributed by atoms with Crippen molar-refractivity contribution in [1.82, 2.24) is 10.2 Å². The molecule has 1 aliphatic carbocycles. The molecule has 0 aromatic heterocycles. The average Bonchev–Trinajstić information content (AvgIpc) is 2.87. The maximum Gasteiger partial charge on any atom is 0.329 e. The number of carbonyl (C=O) groups excluding carboxylic acids is 1. The van der Waals surface area contributed by atoms with Crippen LogP contribution in [0.2, 0.25) is 0 Å². The van der Waals surface area contributed by atoms with E-state index in [0.717, 1.165) is 18.4 Å². The van der Waals surface area contributed by atoms with E-state index in [2.05, 4.69) is 16.7 Å². The van der Waals surface area contributed by atoms with Gasteiger partial charge in [0.15, 0.2) is 5.54 Å². The maximum atomic E-state index is 13.7. The Balaban J connectivity index is 1.88. The molecule has 8 nitrogen and oxygen atoms in total. The fourth-order valence-corrected chi connectivity index (χ4v) is 4.90. The van der Waals surface area contributed by atoms with Gasteiger partial charge in [-0.1, -0.05) is 30.3 Å². The van der Waals surface area contributed by atoms with Crippen molar-refractivity contribution in [3.05, 3.63) is 59.2 Å². The molecule has 210 valence electrons. The summed E-state index contributed by atoms with van der Waals surface area (Å²) in [5, 5.41) is 24.9. The van der Waals surface area contributed by atoms with Crippen LogP contribution in [0, 0.1) is 11.3 Å². The number of unbranched alkanes of at least 4 members (excludes halogenated alkanes) is 1. The molecule has 0 bridgehead atoms. The summed E-state index contributed by atoms with van der Waals surface area (Å²) in [7, 11) is 0. The number of rotatable bonds is 13. The summed E-state index contributed by atoms with van der Waals surface area (Å²) in [6, 6.07) is 14.2. The standard InChI is InChI=1S/C29H36F2N4O4/c1-4-33-24-15-22(16-25(39-5-2)23(24)17-32)20(3)35(14-10-9-13-21-11-7-6-8-12-21)27(38)34-28(26(36)37)18-29(30,31)19-28/h6-8,11-12,15-16,20,33H,4-5,9-10,13-14,18-19H2,1-3H3,(H,34,38)(H,36,37). The van der Waals surface area contributed by atoms with E-state index in [4.69, 9.17) is 4.74 Å². The average molecular weight is 543 g/mol. The number of aryl methyl sites for hydroxylation is 1. The Morgan fingerprint density at radius 3 is 2.44 bits per heavy atom. The number of urea groups is 1. The van der Waals surface area contributed by atoms with E-state index in [1.54, 1.807) is 26.0 Å². The quantitative estimate of drug-likeness (QED) is 0.278. The van der Waals surface area contributed by atoms with Gasteiger partial charge in [0.25, 0.3) is 5.92 Å². The third-order valence-electron chi connectivity index (χ3n) is 6.95. The zero-order valence-electron chi connectivity index (χ0n) is 22.6. The Morgan fingerprint density at radius 1 is 1.18 bits per heavy atom. The fourth-order valence-electron chi connectivity index (χ4n) is 4.90. The summed E-state index contributed by atoms with van der Waals surface area (Å²) in [6.07, 6.45) is 0.271. The SMILES string of the molecule is CCNc1cc(C(C)N(CCCCc2ccccc2)C(=O)NC2(C(=O)O)CC(F)(F)C2)cc(OCC)c1C#N. The van der Waals surface area contributed by atoms with Crippen molar-refractivity contribution >= 4 is 17.7 Å². The molecule has 2 aromatic rings. The van der Waals surface area contributed by atoms with Crippen molar-refractivity contribution in [2.24, 2.45) is 0 Å². The number of halogens is 2. The van der Waals surface area contributed by atoms with Crippen LogP contribution >= 0.6 is 0 Å². The predicted octanol–water partition coefficient (Wildman–Crippen LogP) is 5.74. The number of carboxylic acids is 1. The number of nitrogens with one attached hydrogen (secondary N) is 2. The van der Waals surface area contributed by atoms with E-state index in [1.807, 2.05) is 37.3 Å². The first-order valence-electron chi connectivity index (χ1n) is 13.2. The van der Waals surface area contributed by atoms with Crippen molar-refractivity contribution in [1.29, 1.82) is 5.26 Å². The van der Waals surface area contributed by atoms with Crippen LogP contribution in [0.3, 0.4) is 0 Å². The minimum absolute atomic E-state index is 0.270. The monoisotopic (exact) mass is 542 g/mol. The van der Waals surface area contributed by atoms with E-state index < -0.39 is 42.3 Å². The molecule has 3 rings (SSSR count). The lowest BCUT2D eigenvalue weighted by molar-refractivity contribution is -0.175. The van der Waals surface area contributed by atoms with Gasteiger partial charge in [0.1, 0.15) is 17.4 Å². The lowest BCUT2D eigenvalue weighted by atomic mass is 9.73. The topological polar surface area (TPSA) is 115 Å². The number of carbonyl (C=O) groups is 2. The molecule has 1 aliphatic rings. The van der Waals surface area contributed by atoms with Gasteiger partial charge in [0.2, 0.25) is 0 Å². The summed E-state index contributed by atoms with van der Waals surface area (Å²) in [5.74, 6) is -4.26. The van der Waals surface area contributed by atoms with Gasteiger partial charge in [-0.2, -0.15) is 5.26 Å². The van der Waals surface area contributed by atoms with Crippen LogP contribution in [0.4, 0.5) is 19.3 Å². The molecule has 1 atom stereocenters. The number of nitriles is 1. The molecule has 0 aliphatic heterocycles. The zero-order valence-corrected chi connectivity index (χ0v) is 22.6. The second-order valence-electron chi connectivity index (χ2n) is 9.86. The largest absolute Gasteiger partial charge is 0.492 e. The highest BCUT2D eigenvalue weighted by molar-refractivity contribution is 5.88. The third-order valence-corrected chi connectivity index (χ3v) is 6.95. The molecule has 0 spiro atoms. The van der Waals surface area contributed by atoms with Gasteiger partial charge in [-0.15, -0.1) is 0 Å². The van der Waals surface area contributed by atoms with E-state index in [0.29, 0.717) is 42.1 Å². The number of anilines is 1. The van der Waals surface area contributed by atoms with Crippen LogP contribution in [0.1, 0.15) is 69.2 Å². The molecule has 1 unspecified atom stereocenters. The zero-order chi connectivity index (χ0) is 28.6. The molecule has 0 saturated heterocycles. The lowest BCUT2D eigenvalue weighted by Gasteiger charge is -2.45. The van der Waals surface area contributed by atoms with Gasteiger partial charge in [-0.05, 0) is 63.3 Å². The number of alkyl halides is 2. The first kappa shape index (κ1) is 29.7. The van der Waals surface area contributed by atoms with Crippen LogP contribution in [-0.4, -0.2) is 53.2 Å². The molecule has 0 heterocycles. The van der Waals surface area contributed by atoms with Gasteiger partial charge in [0.05, 0.1) is 18.3 Å².